The summed E-state index contributed by atoms with van der Waals surface area (Å²) in [5.41, 5.74) is 0.359. The number of carbonyl (C=O) groups is 1. The molecule has 0 saturated carbocycles. The predicted molar refractivity (Wildman–Crippen MR) is 70.7 cm³/mol. The molecule has 110 valence electrons. The number of nitrogens with one attached hydrogen (secondary N) is 1. The molecule has 0 aliphatic carbocycles. The van der Waals surface area contributed by atoms with E-state index in [-0.39, 0.29) is 16.9 Å². The highest BCUT2D eigenvalue weighted by Gasteiger charge is 2.32. The quantitative estimate of drug-likeness (QED) is 0.903. The first-order valence-electron chi connectivity index (χ1n) is 5.91. The van der Waals surface area contributed by atoms with E-state index in [9.17, 15) is 18.0 Å². The van der Waals surface area contributed by atoms with Crippen molar-refractivity contribution in [3.05, 3.63) is 53.3 Å². The number of aromatic nitrogens is 1. The van der Waals surface area contributed by atoms with Crippen LogP contribution in [0.5, 0.6) is 0 Å². The molecule has 1 aromatic heterocycles. The lowest BCUT2D eigenvalue weighted by atomic mass is 10.1. The molecule has 1 aromatic carbocycles. The van der Waals surface area contributed by atoms with E-state index in [2.05, 4.69) is 10.3 Å². The summed E-state index contributed by atoms with van der Waals surface area (Å²) in [5, 5.41) is 11.9. The number of anilines is 2. The van der Waals surface area contributed by atoms with Crippen molar-refractivity contribution >= 4 is 17.3 Å². The van der Waals surface area contributed by atoms with Crippen LogP contribution in [0.2, 0.25) is 0 Å². The van der Waals surface area contributed by atoms with Crippen LogP contribution < -0.4 is 5.32 Å². The Kier molecular flexibility index (Phi) is 3.84. The molecule has 0 saturated heterocycles. The molecule has 0 aliphatic heterocycles. The third-order valence-corrected chi connectivity index (χ3v) is 2.74. The van der Waals surface area contributed by atoms with Gasteiger partial charge in [-0.1, -0.05) is 11.6 Å². The Morgan fingerprint density at radius 3 is 2.48 bits per heavy atom. The van der Waals surface area contributed by atoms with Gasteiger partial charge in [-0.15, -0.1) is 0 Å². The van der Waals surface area contributed by atoms with Crippen LogP contribution in [0.3, 0.4) is 0 Å². The molecule has 2 rings (SSSR count). The Morgan fingerprint density at radius 2 is 1.95 bits per heavy atom. The van der Waals surface area contributed by atoms with Crippen LogP contribution in [0.25, 0.3) is 0 Å². The van der Waals surface area contributed by atoms with E-state index in [0.29, 0.717) is 0 Å². The van der Waals surface area contributed by atoms with Crippen LogP contribution in [0.4, 0.5) is 24.5 Å². The van der Waals surface area contributed by atoms with Crippen molar-refractivity contribution in [2.45, 2.75) is 13.1 Å². The van der Waals surface area contributed by atoms with Gasteiger partial charge in [-0.3, -0.25) is 0 Å². The molecule has 0 atom stereocenters. The van der Waals surface area contributed by atoms with Crippen molar-refractivity contribution < 1.29 is 23.1 Å². The van der Waals surface area contributed by atoms with Gasteiger partial charge in [0.2, 0.25) is 0 Å². The number of aromatic carboxylic acids is 1. The zero-order chi connectivity index (χ0) is 15.6. The molecule has 7 heteroatoms. The Balaban J connectivity index is 2.28. The molecular formula is C14H11F3N2O2. The van der Waals surface area contributed by atoms with Gasteiger partial charge in [0, 0.05) is 0 Å². The normalized spacial score (nSPS) is 11.2. The van der Waals surface area contributed by atoms with E-state index in [1.807, 2.05) is 0 Å². The average Bonchev–Trinajstić information content (AvgIpc) is 2.40. The minimum absolute atomic E-state index is 0.0369. The molecule has 2 N–H and O–H groups in total. The number of rotatable bonds is 3. The highest BCUT2D eigenvalue weighted by Crippen LogP contribution is 2.29. The topological polar surface area (TPSA) is 62.2 Å². The van der Waals surface area contributed by atoms with Crippen LogP contribution in [-0.4, -0.2) is 16.1 Å². The lowest BCUT2D eigenvalue weighted by Crippen LogP contribution is -2.08. The molecule has 1 heterocycles. The molecule has 0 bridgehead atoms. The Hall–Kier alpha value is -2.57. The van der Waals surface area contributed by atoms with Gasteiger partial charge in [0.05, 0.1) is 23.1 Å². The number of nitrogens with zero attached hydrogens (tertiary/aromatic N) is 1. The molecule has 2 aromatic rings. The van der Waals surface area contributed by atoms with Gasteiger partial charge in [0.1, 0.15) is 5.69 Å². The number of alkyl halides is 3. The fourth-order valence-corrected chi connectivity index (χ4v) is 1.74. The molecule has 21 heavy (non-hydrogen) atoms. The van der Waals surface area contributed by atoms with Crippen LogP contribution in [0, 0.1) is 6.92 Å². The fourth-order valence-electron chi connectivity index (χ4n) is 1.74. The Bertz CT molecular complexity index is 667. The van der Waals surface area contributed by atoms with E-state index < -0.39 is 17.8 Å². The Labute approximate surface area is 118 Å². The average molecular weight is 296 g/mol. The summed E-state index contributed by atoms with van der Waals surface area (Å²) in [4.78, 5) is 14.4. The predicted octanol–water partition coefficient (Wildman–Crippen LogP) is 3.85. The summed E-state index contributed by atoms with van der Waals surface area (Å²) in [6.07, 6.45) is -3.50. The highest BCUT2D eigenvalue weighted by atomic mass is 19.4. The largest absolute Gasteiger partial charge is 0.478 e. The molecule has 0 unspecified atom stereocenters. The van der Waals surface area contributed by atoms with E-state index >= 15 is 0 Å². The third-order valence-electron chi connectivity index (χ3n) is 2.74. The molecule has 0 radical (unpaired) electrons. The van der Waals surface area contributed by atoms with Crippen molar-refractivity contribution in [3.8, 4) is 0 Å². The number of aryl methyl sites for hydroxylation is 1. The standard InChI is InChI=1S/C14H11F3N2O2/c1-8-2-4-11(10(6-8)13(20)21)19-9-3-5-12(18-7-9)14(15,16)17/h2-7,19H,1H3,(H,20,21). The number of halogens is 3. The van der Waals surface area contributed by atoms with Crippen LogP contribution in [-0.2, 0) is 6.18 Å². The SMILES string of the molecule is Cc1ccc(Nc2ccc(C(F)(F)F)nc2)c(C(=O)O)c1. The van der Waals surface area contributed by atoms with E-state index in [0.717, 1.165) is 17.8 Å². The second kappa shape index (κ2) is 5.43. The number of hydrogen-bond donors (Lipinski definition) is 2. The third kappa shape index (κ3) is 3.50. The monoisotopic (exact) mass is 296 g/mol. The van der Waals surface area contributed by atoms with E-state index in [4.69, 9.17) is 5.11 Å². The number of hydrogen-bond acceptors (Lipinski definition) is 3. The van der Waals surface area contributed by atoms with E-state index in [1.54, 1.807) is 19.1 Å². The summed E-state index contributed by atoms with van der Waals surface area (Å²) < 4.78 is 37.2. The fraction of sp³-hybridized carbons (Fsp3) is 0.143. The summed E-state index contributed by atoms with van der Waals surface area (Å²) in [6.45, 7) is 1.75. The molecule has 0 amide bonds. The Morgan fingerprint density at radius 1 is 1.24 bits per heavy atom. The van der Waals surface area contributed by atoms with Crippen LogP contribution >= 0.6 is 0 Å². The summed E-state index contributed by atoms with van der Waals surface area (Å²) in [5.74, 6) is -1.12. The summed E-state index contributed by atoms with van der Waals surface area (Å²) in [6, 6.07) is 6.75. The van der Waals surface area contributed by atoms with Crippen molar-refractivity contribution in [3.63, 3.8) is 0 Å². The maximum atomic E-state index is 12.4. The maximum Gasteiger partial charge on any atom is 0.433 e. The lowest BCUT2D eigenvalue weighted by molar-refractivity contribution is -0.141. The van der Waals surface area contributed by atoms with Gasteiger partial charge in [-0.2, -0.15) is 13.2 Å². The van der Waals surface area contributed by atoms with Gasteiger partial charge in [0.15, 0.2) is 0 Å². The second-order valence-electron chi connectivity index (χ2n) is 4.41. The number of carboxylic acid groups (broad SMARTS) is 1. The summed E-state index contributed by atoms with van der Waals surface area (Å²) >= 11 is 0. The van der Waals surface area contributed by atoms with Crippen molar-refractivity contribution in [1.29, 1.82) is 0 Å². The molecule has 0 aliphatic rings. The van der Waals surface area contributed by atoms with Crippen LogP contribution in [0.1, 0.15) is 21.6 Å². The van der Waals surface area contributed by atoms with Gasteiger partial charge in [0.25, 0.3) is 0 Å². The molecule has 0 fully saturated rings. The van der Waals surface area contributed by atoms with Crippen LogP contribution in [0.15, 0.2) is 36.5 Å². The molecular weight excluding hydrogens is 285 g/mol. The molecule has 0 spiro atoms. The first-order chi connectivity index (χ1) is 9.77. The first-order valence-corrected chi connectivity index (χ1v) is 5.91. The van der Waals surface area contributed by atoms with Gasteiger partial charge >= 0.3 is 12.1 Å². The number of carboxylic acids is 1. The van der Waals surface area contributed by atoms with Crippen molar-refractivity contribution in [2.24, 2.45) is 0 Å². The maximum absolute atomic E-state index is 12.4. The van der Waals surface area contributed by atoms with Crippen molar-refractivity contribution in [1.82, 2.24) is 4.98 Å². The van der Waals surface area contributed by atoms with Gasteiger partial charge < -0.3 is 10.4 Å². The number of pyridine rings is 1. The highest BCUT2D eigenvalue weighted by molar-refractivity contribution is 5.95. The minimum Gasteiger partial charge on any atom is -0.478 e. The number of benzene rings is 1. The minimum atomic E-state index is -4.51. The van der Waals surface area contributed by atoms with Gasteiger partial charge in [-0.05, 0) is 31.2 Å². The zero-order valence-electron chi connectivity index (χ0n) is 10.9. The summed E-state index contributed by atoms with van der Waals surface area (Å²) in [7, 11) is 0. The lowest BCUT2D eigenvalue weighted by Gasteiger charge is -2.11. The molecule has 4 nitrogen and oxygen atoms in total. The first kappa shape index (κ1) is 14.8. The van der Waals surface area contributed by atoms with E-state index in [1.165, 1.54) is 12.1 Å². The van der Waals surface area contributed by atoms with Crippen molar-refractivity contribution in [2.75, 3.05) is 5.32 Å². The zero-order valence-corrected chi connectivity index (χ0v) is 10.9. The second-order valence-corrected chi connectivity index (χ2v) is 4.41. The smallest absolute Gasteiger partial charge is 0.433 e. The van der Waals surface area contributed by atoms with Gasteiger partial charge in [-0.25, -0.2) is 9.78 Å².